The molecule has 0 radical (unpaired) electrons. The molecule has 0 bridgehead atoms. The number of nitrogens with one attached hydrogen (secondary N) is 1. The maximum atomic E-state index is 11.3. The van der Waals surface area contributed by atoms with Gasteiger partial charge in [0, 0.05) is 18.6 Å². The normalized spacial score (nSPS) is 11.7. The number of carbonyl (C=O) groups is 1. The van der Waals surface area contributed by atoms with Gasteiger partial charge in [-0.3, -0.25) is 4.79 Å². The number of hydrogen-bond acceptors (Lipinski definition) is 5. The number of aromatic hydroxyl groups is 1. The van der Waals surface area contributed by atoms with Gasteiger partial charge in [-0.1, -0.05) is 13.8 Å². The molecule has 0 aliphatic rings. The van der Waals surface area contributed by atoms with Gasteiger partial charge in [0.15, 0.2) is 0 Å². The van der Waals surface area contributed by atoms with E-state index < -0.39 is 40.8 Å². The van der Waals surface area contributed by atoms with Crippen LogP contribution in [0.5, 0.6) is 5.75 Å². The summed E-state index contributed by atoms with van der Waals surface area (Å²) in [5.74, 6) is -0.199. The van der Waals surface area contributed by atoms with E-state index in [1.54, 1.807) is 26.0 Å². The minimum atomic E-state index is -1.23. The Morgan fingerprint density at radius 3 is 2.30 bits per heavy atom. The van der Waals surface area contributed by atoms with E-state index in [0.29, 0.717) is 18.7 Å². The fourth-order valence-electron chi connectivity index (χ4n) is 1.41. The average molecular weight is 534 g/mol. The number of aliphatic hydroxyl groups excluding tert-OH is 3. The second-order valence-corrected chi connectivity index (χ2v) is 12.3. The van der Waals surface area contributed by atoms with Crippen LogP contribution in [0.25, 0.3) is 0 Å². The molecule has 0 aliphatic carbocycles. The topological polar surface area (TPSA) is 110 Å². The Morgan fingerprint density at radius 2 is 1.87 bits per heavy atom. The summed E-state index contributed by atoms with van der Waals surface area (Å²) in [5.41, 5.74) is -0.844. The number of amides is 1. The number of hydrogen-bond donors (Lipinski definition) is 5. The third-order valence-corrected chi connectivity index (χ3v) is 8.86. The molecule has 1 atom stereocenters. The monoisotopic (exact) mass is 535 g/mol. The SMILES string of the molecule is CC(C)(CO)C(O)C(=O)NCCCO.Oc1cc[c]([Hg][Cl])cc1. The molecular weight excluding hydrogens is 510 g/mol. The molecule has 1 unspecified atom stereocenters. The van der Waals surface area contributed by atoms with Crippen molar-refractivity contribution in [2.24, 2.45) is 5.41 Å². The van der Waals surface area contributed by atoms with Crippen LogP contribution >= 0.6 is 8.25 Å². The first-order valence-corrected chi connectivity index (χ1v) is 16.8. The van der Waals surface area contributed by atoms with Gasteiger partial charge in [0.05, 0.1) is 6.61 Å². The van der Waals surface area contributed by atoms with Crippen LogP contribution < -0.4 is 8.39 Å². The molecule has 0 heterocycles. The Balaban J connectivity index is 0.000000459. The number of benzene rings is 1. The first-order chi connectivity index (χ1) is 10.8. The van der Waals surface area contributed by atoms with E-state index in [-0.39, 0.29) is 13.2 Å². The van der Waals surface area contributed by atoms with Gasteiger partial charge in [0.25, 0.3) is 0 Å². The molecule has 0 saturated heterocycles. The van der Waals surface area contributed by atoms with Crippen LogP contribution in [-0.4, -0.2) is 52.2 Å². The van der Waals surface area contributed by atoms with E-state index in [0.717, 1.165) is 0 Å². The van der Waals surface area contributed by atoms with E-state index in [2.05, 4.69) is 5.32 Å². The molecule has 1 aromatic rings. The summed E-state index contributed by atoms with van der Waals surface area (Å²) < 4.78 is 1.24. The van der Waals surface area contributed by atoms with E-state index >= 15 is 0 Å². The molecule has 1 amide bonds. The summed E-state index contributed by atoms with van der Waals surface area (Å²) in [6.07, 6.45) is -0.774. The van der Waals surface area contributed by atoms with Crippen LogP contribution in [0.2, 0.25) is 0 Å². The van der Waals surface area contributed by atoms with Crippen LogP contribution in [0.4, 0.5) is 0 Å². The predicted molar refractivity (Wildman–Crippen MR) is 85.2 cm³/mol. The number of carbonyl (C=O) groups excluding carboxylic acids is 1. The molecule has 128 valence electrons. The van der Waals surface area contributed by atoms with Crippen LogP contribution in [0, 0.1) is 5.41 Å². The first kappa shape index (κ1) is 22.6. The van der Waals surface area contributed by atoms with Crippen LogP contribution in [0.1, 0.15) is 20.3 Å². The number of aliphatic hydroxyl groups is 3. The molecular formula is C15H24ClHgNO5. The van der Waals surface area contributed by atoms with Crippen molar-refractivity contribution in [3.8, 4) is 5.75 Å². The molecule has 1 rings (SSSR count). The summed E-state index contributed by atoms with van der Waals surface area (Å²) in [6, 6.07) is 7.14. The summed E-state index contributed by atoms with van der Waals surface area (Å²) in [6.45, 7) is 3.27. The molecule has 0 fully saturated rings. The molecule has 23 heavy (non-hydrogen) atoms. The second kappa shape index (κ2) is 12.0. The first-order valence-electron chi connectivity index (χ1n) is 7.30. The fourth-order valence-corrected chi connectivity index (χ4v) is 4.59. The Bertz CT molecular complexity index is 456. The van der Waals surface area contributed by atoms with Gasteiger partial charge in [-0.05, 0) is 6.42 Å². The number of phenolic OH excluding ortho intramolecular Hbond substituents is 1. The van der Waals surface area contributed by atoms with Crippen molar-refractivity contribution >= 4 is 17.2 Å². The Labute approximate surface area is 152 Å². The molecule has 0 spiro atoms. The van der Waals surface area contributed by atoms with Crippen molar-refractivity contribution in [1.82, 2.24) is 5.32 Å². The number of rotatable bonds is 7. The van der Waals surface area contributed by atoms with Gasteiger partial charge in [0.2, 0.25) is 5.91 Å². The maximum absolute atomic E-state index is 11.3. The summed E-state index contributed by atoms with van der Waals surface area (Å²) >= 11 is -1.20. The van der Waals surface area contributed by atoms with Gasteiger partial charge in [0.1, 0.15) is 6.10 Å². The zero-order valence-electron chi connectivity index (χ0n) is 13.5. The fraction of sp³-hybridized carbons (Fsp3) is 0.533. The molecule has 0 saturated carbocycles. The number of halogens is 1. The van der Waals surface area contributed by atoms with Crippen LogP contribution in [0.15, 0.2) is 24.3 Å². The molecule has 1 aromatic carbocycles. The van der Waals surface area contributed by atoms with Crippen molar-refractivity contribution in [2.75, 3.05) is 19.8 Å². The summed E-state index contributed by atoms with van der Waals surface area (Å²) in [5, 5.41) is 38.2. The minimum absolute atomic E-state index is 0.000230. The van der Waals surface area contributed by atoms with Crippen molar-refractivity contribution in [1.29, 1.82) is 0 Å². The molecule has 6 nitrogen and oxygen atoms in total. The number of phenols is 1. The standard InChI is InChI=1S/C9H19NO4.C6H5O.ClH.Hg/c1-9(2,6-12)7(13)8(14)10-4-3-5-11;7-6-4-2-1-3-5-6;;/h7,11-13H,3-6H2,1-2H3,(H,10,14);2-5,7H;1H;/q;;;+1/p-1. The van der Waals surface area contributed by atoms with Crippen molar-refractivity contribution in [3.05, 3.63) is 24.3 Å². The Morgan fingerprint density at radius 1 is 1.30 bits per heavy atom. The third-order valence-electron chi connectivity index (χ3n) is 3.12. The zero-order chi connectivity index (χ0) is 17.9. The van der Waals surface area contributed by atoms with E-state index in [9.17, 15) is 9.90 Å². The summed E-state index contributed by atoms with van der Waals surface area (Å²) in [4.78, 5) is 11.3. The third kappa shape index (κ3) is 9.47. The summed E-state index contributed by atoms with van der Waals surface area (Å²) in [7, 11) is 5.72. The van der Waals surface area contributed by atoms with Gasteiger partial charge >= 0.3 is 69.8 Å². The van der Waals surface area contributed by atoms with Gasteiger partial charge in [-0.15, -0.1) is 0 Å². The molecule has 5 N–H and O–H groups in total. The van der Waals surface area contributed by atoms with Crippen LogP contribution in [-0.2, 0) is 28.1 Å². The molecule has 0 aliphatic heterocycles. The Hall–Kier alpha value is -0.405. The van der Waals surface area contributed by atoms with Crippen molar-refractivity contribution in [2.45, 2.75) is 26.4 Å². The molecule has 8 heteroatoms. The van der Waals surface area contributed by atoms with Gasteiger partial charge < -0.3 is 20.6 Å². The quantitative estimate of drug-likeness (QED) is 0.252. The van der Waals surface area contributed by atoms with E-state index in [1.807, 2.05) is 12.1 Å². The Kier molecular flexibility index (Phi) is 11.8. The van der Waals surface area contributed by atoms with E-state index in [1.165, 1.54) is 3.07 Å². The van der Waals surface area contributed by atoms with Crippen molar-refractivity contribution < 1.29 is 48.6 Å². The zero-order valence-corrected chi connectivity index (χ0v) is 19.8. The van der Waals surface area contributed by atoms with Gasteiger partial charge in [-0.25, -0.2) is 0 Å². The van der Waals surface area contributed by atoms with Crippen LogP contribution in [0.3, 0.4) is 0 Å². The molecule has 0 aromatic heterocycles. The predicted octanol–water partition coefficient (Wildman–Crippen LogP) is 0.118. The van der Waals surface area contributed by atoms with E-state index in [4.69, 9.17) is 23.6 Å². The average Bonchev–Trinajstić information content (AvgIpc) is 2.55. The van der Waals surface area contributed by atoms with Gasteiger partial charge in [-0.2, -0.15) is 0 Å². The van der Waals surface area contributed by atoms with Crippen molar-refractivity contribution in [3.63, 3.8) is 0 Å². The second-order valence-electron chi connectivity index (χ2n) is 5.72.